The van der Waals surface area contributed by atoms with E-state index in [1.165, 1.54) is 347 Å². The quantitative estimate of drug-likeness (QED) is 0.0373. The number of carbonyl (C=O) groups excluding carboxylic acids is 2. The minimum Gasteiger partial charge on any atom is -0.462 e. The predicted octanol–water partition coefficient (Wildman–Crippen LogP) is 25.7. The smallest absolute Gasteiger partial charge is 0.306 e. The first-order valence-corrected chi connectivity index (χ1v) is 37.0. The molecule has 5 heteroatoms. The molecule has 0 aromatic carbocycles. The van der Waals surface area contributed by atoms with Gasteiger partial charge in [0.05, 0.1) is 6.61 Å². The van der Waals surface area contributed by atoms with Gasteiger partial charge in [-0.2, -0.15) is 0 Å². The molecular weight excluding hydrogens is 993 g/mol. The highest BCUT2D eigenvalue weighted by molar-refractivity contribution is 5.70. The second-order valence-electron chi connectivity index (χ2n) is 25.4. The summed E-state index contributed by atoms with van der Waals surface area (Å²) in [6, 6.07) is 0. The number of esters is 2. The molecule has 0 aromatic heterocycles. The third kappa shape index (κ3) is 70.5. The Morgan fingerprint density at radius 1 is 0.284 bits per heavy atom. The SMILES string of the molecule is CCCCCCC/C=C\C/C=C\C/C=C\CCCCCCCCCCCCCCC(=O)OC(CO)COC(=O)CCCCCCCCCCCCCCCCCCCCCCCCCCCCCCCCCCCCCCCCCC. The topological polar surface area (TPSA) is 72.8 Å². The van der Waals surface area contributed by atoms with Gasteiger partial charge in [0.1, 0.15) is 6.61 Å². The molecule has 1 unspecified atom stereocenters. The maximum absolute atomic E-state index is 12.4. The molecule has 0 rings (SSSR count). The van der Waals surface area contributed by atoms with Crippen LogP contribution in [0.15, 0.2) is 36.5 Å². The molecule has 0 aliphatic carbocycles. The number of carbonyl (C=O) groups is 2. The van der Waals surface area contributed by atoms with E-state index in [1.807, 2.05) is 0 Å². The molecule has 0 radical (unpaired) electrons. The molecule has 5 nitrogen and oxygen atoms in total. The molecule has 0 saturated carbocycles. The van der Waals surface area contributed by atoms with Crippen molar-refractivity contribution in [2.24, 2.45) is 0 Å². The summed E-state index contributed by atoms with van der Waals surface area (Å²) in [4.78, 5) is 24.7. The second kappa shape index (κ2) is 72.4. The zero-order valence-electron chi connectivity index (χ0n) is 55.1. The first kappa shape index (κ1) is 79.1. The average molecular weight is 1140 g/mol. The van der Waals surface area contributed by atoms with Gasteiger partial charge in [0.15, 0.2) is 6.10 Å². The number of aliphatic hydroxyl groups is 1. The standard InChI is InChI=1S/C76H144O5/c1-3-5-7-9-11-13-15-17-19-21-23-25-27-29-31-32-33-34-35-36-37-38-39-40-41-42-43-45-46-48-50-52-54-56-58-60-62-64-66-68-70-75(78)80-73-74(72-77)81-76(79)71-69-67-65-63-61-59-57-55-53-51-49-47-44-30-28-26-24-22-20-18-16-14-12-10-8-6-4-2/h16,18,22,24,28,30,74,77H,3-15,17,19-21,23,25-27,29,31-73H2,1-2H3/b18-16-,24-22-,30-28-. The number of hydrogen-bond donors (Lipinski definition) is 1. The van der Waals surface area contributed by atoms with Crippen molar-refractivity contribution >= 4 is 11.9 Å². The van der Waals surface area contributed by atoms with Gasteiger partial charge in [-0.05, 0) is 51.4 Å². The van der Waals surface area contributed by atoms with Gasteiger partial charge >= 0.3 is 11.9 Å². The first-order chi connectivity index (χ1) is 40.1. The molecule has 0 aliphatic heterocycles. The minimum atomic E-state index is -0.773. The van der Waals surface area contributed by atoms with E-state index in [1.54, 1.807) is 0 Å². The van der Waals surface area contributed by atoms with Crippen LogP contribution in [0.5, 0.6) is 0 Å². The molecule has 1 N–H and O–H groups in total. The lowest BCUT2D eigenvalue weighted by atomic mass is 10.0. The minimum absolute atomic E-state index is 0.0613. The molecule has 0 fully saturated rings. The van der Waals surface area contributed by atoms with Crippen molar-refractivity contribution in [2.75, 3.05) is 13.2 Å². The third-order valence-electron chi connectivity index (χ3n) is 17.2. The molecule has 0 heterocycles. The van der Waals surface area contributed by atoms with Crippen molar-refractivity contribution in [3.8, 4) is 0 Å². The number of aliphatic hydroxyl groups excluding tert-OH is 1. The third-order valence-corrected chi connectivity index (χ3v) is 17.2. The summed E-state index contributed by atoms with van der Waals surface area (Å²) >= 11 is 0. The normalized spacial score (nSPS) is 12.3. The molecule has 0 amide bonds. The molecule has 478 valence electrons. The fourth-order valence-corrected chi connectivity index (χ4v) is 11.6. The van der Waals surface area contributed by atoms with Crippen molar-refractivity contribution < 1.29 is 24.2 Å². The summed E-state index contributed by atoms with van der Waals surface area (Å²) in [6.07, 6.45) is 96.4. The fourth-order valence-electron chi connectivity index (χ4n) is 11.6. The van der Waals surface area contributed by atoms with Crippen molar-refractivity contribution in [3.05, 3.63) is 36.5 Å². The Morgan fingerprint density at radius 3 is 0.741 bits per heavy atom. The summed E-state index contributed by atoms with van der Waals surface area (Å²) in [5, 5.41) is 9.70. The van der Waals surface area contributed by atoms with Crippen LogP contribution in [0.3, 0.4) is 0 Å². The monoisotopic (exact) mass is 1140 g/mol. The molecule has 0 aliphatic rings. The largest absolute Gasteiger partial charge is 0.462 e. The van der Waals surface area contributed by atoms with Crippen LogP contribution >= 0.6 is 0 Å². The van der Waals surface area contributed by atoms with E-state index in [2.05, 4.69) is 50.3 Å². The van der Waals surface area contributed by atoms with Gasteiger partial charge in [0, 0.05) is 12.8 Å². The summed E-state index contributed by atoms with van der Waals surface area (Å²) in [6.45, 7) is 4.19. The van der Waals surface area contributed by atoms with Crippen LogP contribution in [0.4, 0.5) is 0 Å². The van der Waals surface area contributed by atoms with Gasteiger partial charge in [-0.3, -0.25) is 9.59 Å². The van der Waals surface area contributed by atoms with Crippen molar-refractivity contribution in [1.82, 2.24) is 0 Å². The Kier molecular flexibility index (Phi) is 70.7. The van der Waals surface area contributed by atoms with Crippen LogP contribution in [-0.4, -0.2) is 36.4 Å². The zero-order chi connectivity index (χ0) is 58.4. The van der Waals surface area contributed by atoms with Crippen LogP contribution in [0, 0.1) is 0 Å². The lowest BCUT2D eigenvalue weighted by Crippen LogP contribution is -2.28. The van der Waals surface area contributed by atoms with Gasteiger partial charge in [0.2, 0.25) is 0 Å². The van der Waals surface area contributed by atoms with Gasteiger partial charge < -0.3 is 14.6 Å². The summed E-state index contributed by atoms with van der Waals surface area (Å²) in [7, 11) is 0. The molecule has 81 heavy (non-hydrogen) atoms. The Morgan fingerprint density at radius 2 is 0.494 bits per heavy atom. The Balaban J connectivity index is 3.36. The number of rotatable bonds is 70. The number of unbranched alkanes of at least 4 members (excludes halogenated alkanes) is 56. The van der Waals surface area contributed by atoms with E-state index >= 15 is 0 Å². The zero-order valence-corrected chi connectivity index (χ0v) is 55.1. The van der Waals surface area contributed by atoms with E-state index in [4.69, 9.17) is 9.47 Å². The van der Waals surface area contributed by atoms with Crippen LogP contribution in [0.2, 0.25) is 0 Å². The Labute approximate surface area is 507 Å². The van der Waals surface area contributed by atoms with Gasteiger partial charge in [-0.1, -0.05) is 391 Å². The van der Waals surface area contributed by atoms with E-state index in [0.29, 0.717) is 12.8 Å². The molecule has 0 bridgehead atoms. The maximum atomic E-state index is 12.4. The van der Waals surface area contributed by atoms with Crippen LogP contribution in [0.25, 0.3) is 0 Å². The molecule has 0 spiro atoms. The van der Waals surface area contributed by atoms with Crippen LogP contribution in [-0.2, 0) is 19.1 Å². The second-order valence-corrected chi connectivity index (χ2v) is 25.4. The molecule has 0 aromatic rings. The summed E-state index contributed by atoms with van der Waals surface area (Å²) < 4.78 is 10.8. The predicted molar refractivity (Wildman–Crippen MR) is 358 cm³/mol. The van der Waals surface area contributed by atoms with Gasteiger partial charge in [-0.15, -0.1) is 0 Å². The van der Waals surface area contributed by atoms with E-state index < -0.39 is 6.10 Å². The average Bonchev–Trinajstić information content (AvgIpc) is 3.47. The number of ether oxygens (including phenoxy) is 2. The van der Waals surface area contributed by atoms with Crippen LogP contribution < -0.4 is 0 Å². The van der Waals surface area contributed by atoms with E-state index in [0.717, 1.165) is 44.9 Å². The first-order valence-electron chi connectivity index (χ1n) is 37.0. The van der Waals surface area contributed by atoms with Crippen molar-refractivity contribution in [1.29, 1.82) is 0 Å². The van der Waals surface area contributed by atoms with E-state index in [9.17, 15) is 14.7 Å². The van der Waals surface area contributed by atoms with Gasteiger partial charge in [0.25, 0.3) is 0 Å². The maximum Gasteiger partial charge on any atom is 0.306 e. The Bertz CT molecular complexity index is 1290. The molecular formula is C76H144O5. The fraction of sp³-hybridized carbons (Fsp3) is 0.895. The highest BCUT2D eigenvalue weighted by Gasteiger charge is 2.16. The lowest BCUT2D eigenvalue weighted by molar-refractivity contribution is -0.161. The van der Waals surface area contributed by atoms with Crippen LogP contribution in [0.1, 0.15) is 418 Å². The van der Waals surface area contributed by atoms with Crippen molar-refractivity contribution in [3.63, 3.8) is 0 Å². The van der Waals surface area contributed by atoms with Gasteiger partial charge in [-0.25, -0.2) is 0 Å². The lowest BCUT2D eigenvalue weighted by Gasteiger charge is -2.15. The Hall–Kier alpha value is -1.88. The highest BCUT2D eigenvalue weighted by Crippen LogP contribution is 2.20. The highest BCUT2D eigenvalue weighted by atomic mass is 16.6. The molecule has 0 saturated heterocycles. The summed E-state index contributed by atoms with van der Waals surface area (Å²) in [5.74, 6) is -0.570. The number of hydrogen-bond acceptors (Lipinski definition) is 5. The summed E-state index contributed by atoms with van der Waals surface area (Å²) in [5.41, 5.74) is 0. The van der Waals surface area contributed by atoms with Crippen molar-refractivity contribution in [2.45, 2.75) is 424 Å². The van der Waals surface area contributed by atoms with E-state index in [-0.39, 0.29) is 25.2 Å². The molecule has 1 atom stereocenters. The number of allylic oxidation sites excluding steroid dienone is 6.